The second-order valence-electron chi connectivity index (χ2n) is 2.87. The summed E-state index contributed by atoms with van der Waals surface area (Å²) in [5.74, 6) is 0. The van der Waals surface area contributed by atoms with Crippen molar-refractivity contribution >= 4 is 12.4 Å². The maximum absolute atomic E-state index is 5.53. The third-order valence-corrected chi connectivity index (χ3v) is 1.95. The summed E-state index contributed by atoms with van der Waals surface area (Å²) in [5.41, 5.74) is 7.93. The number of aryl methyl sites for hydroxylation is 1. The van der Waals surface area contributed by atoms with Gasteiger partial charge in [0.2, 0.25) is 0 Å². The van der Waals surface area contributed by atoms with E-state index in [0.29, 0.717) is 6.54 Å². The zero-order valence-corrected chi connectivity index (χ0v) is 8.80. The van der Waals surface area contributed by atoms with Gasteiger partial charge in [0, 0.05) is 13.7 Å². The minimum Gasteiger partial charge on any atom is -0.375 e. The average Bonchev–Trinajstić information content (AvgIpc) is 2.10. The molecular formula is C10H16ClNO. The molecule has 0 amide bonds. The first kappa shape index (κ1) is 12.4. The van der Waals surface area contributed by atoms with Crippen molar-refractivity contribution < 1.29 is 4.74 Å². The Labute approximate surface area is 85.5 Å². The first-order chi connectivity index (χ1) is 5.77. The van der Waals surface area contributed by atoms with Gasteiger partial charge in [-0.15, -0.1) is 12.4 Å². The van der Waals surface area contributed by atoms with Crippen molar-refractivity contribution in [2.75, 3.05) is 13.7 Å². The predicted octanol–water partition coefficient (Wildman–Crippen LogP) is 2.06. The molecule has 0 heterocycles. The SMILES string of the molecule is COC(CN)c1ccc(C)cc1.Cl. The second-order valence-corrected chi connectivity index (χ2v) is 2.87. The van der Waals surface area contributed by atoms with E-state index in [1.54, 1.807) is 7.11 Å². The van der Waals surface area contributed by atoms with Crippen molar-refractivity contribution in [2.24, 2.45) is 5.73 Å². The summed E-state index contributed by atoms with van der Waals surface area (Å²) < 4.78 is 5.20. The lowest BCUT2D eigenvalue weighted by Crippen LogP contribution is -2.13. The Morgan fingerprint density at radius 2 is 1.85 bits per heavy atom. The summed E-state index contributed by atoms with van der Waals surface area (Å²) >= 11 is 0. The van der Waals surface area contributed by atoms with E-state index in [-0.39, 0.29) is 18.5 Å². The Kier molecular flexibility index (Phi) is 5.71. The Balaban J connectivity index is 0.00000144. The van der Waals surface area contributed by atoms with Gasteiger partial charge in [-0.25, -0.2) is 0 Å². The van der Waals surface area contributed by atoms with E-state index in [9.17, 15) is 0 Å². The highest BCUT2D eigenvalue weighted by Crippen LogP contribution is 2.15. The topological polar surface area (TPSA) is 35.2 Å². The van der Waals surface area contributed by atoms with Crippen molar-refractivity contribution in [3.05, 3.63) is 35.4 Å². The van der Waals surface area contributed by atoms with Gasteiger partial charge in [-0.1, -0.05) is 29.8 Å². The van der Waals surface area contributed by atoms with Gasteiger partial charge in [0.15, 0.2) is 0 Å². The Hall–Kier alpha value is -0.570. The lowest BCUT2D eigenvalue weighted by Gasteiger charge is -2.12. The molecule has 1 rings (SSSR count). The van der Waals surface area contributed by atoms with Crippen LogP contribution in [0.2, 0.25) is 0 Å². The molecule has 0 aliphatic rings. The van der Waals surface area contributed by atoms with Crippen LogP contribution in [-0.2, 0) is 4.74 Å². The number of ether oxygens (including phenoxy) is 1. The van der Waals surface area contributed by atoms with Crippen molar-refractivity contribution in [1.29, 1.82) is 0 Å². The Morgan fingerprint density at radius 1 is 1.31 bits per heavy atom. The van der Waals surface area contributed by atoms with E-state index in [4.69, 9.17) is 10.5 Å². The third kappa shape index (κ3) is 3.35. The molecule has 0 aromatic heterocycles. The number of rotatable bonds is 3. The number of halogens is 1. The number of hydrogen-bond donors (Lipinski definition) is 1. The minimum atomic E-state index is 0. The molecule has 1 aromatic carbocycles. The zero-order chi connectivity index (χ0) is 8.97. The van der Waals surface area contributed by atoms with Crippen molar-refractivity contribution in [1.82, 2.24) is 0 Å². The molecule has 0 spiro atoms. The molecule has 74 valence electrons. The van der Waals surface area contributed by atoms with Crippen molar-refractivity contribution in [2.45, 2.75) is 13.0 Å². The molecule has 1 aromatic rings. The fraction of sp³-hybridized carbons (Fsp3) is 0.400. The Bertz CT molecular complexity index is 231. The maximum Gasteiger partial charge on any atom is 0.0943 e. The summed E-state index contributed by atoms with van der Waals surface area (Å²) in [6, 6.07) is 8.24. The van der Waals surface area contributed by atoms with E-state index >= 15 is 0 Å². The molecular weight excluding hydrogens is 186 g/mol. The normalized spacial score (nSPS) is 11.9. The molecule has 0 saturated carbocycles. The monoisotopic (exact) mass is 201 g/mol. The number of hydrogen-bond acceptors (Lipinski definition) is 2. The first-order valence-electron chi connectivity index (χ1n) is 4.07. The smallest absolute Gasteiger partial charge is 0.0943 e. The molecule has 0 bridgehead atoms. The summed E-state index contributed by atoms with van der Waals surface area (Å²) in [6.45, 7) is 2.59. The van der Waals surface area contributed by atoms with E-state index in [1.165, 1.54) is 5.56 Å². The molecule has 2 nitrogen and oxygen atoms in total. The number of nitrogens with two attached hydrogens (primary N) is 1. The summed E-state index contributed by atoms with van der Waals surface area (Å²) in [5, 5.41) is 0. The number of benzene rings is 1. The lowest BCUT2D eigenvalue weighted by molar-refractivity contribution is 0.110. The van der Waals surface area contributed by atoms with E-state index in [2.05, 4.69) is 31.2 Å². The molecule has 1 unspecified atom stereocenters. The van der Waals surface area contributed by atoms with Gasteiger partial charge in [0.05, 0.1) is 6.10 Å². The van der Waals surface area contributed by atoms with Crippen LogP contribution in [0, 0.1) is 6.92 Å². The summed E-state index contributed by atoms with van der Waals surface area (Å²) in [6.07, 6.45) is 0.0330. The van der Waals surface area contributed by atoms with E-state index in [0.717, 1.165) is 5.56 Å². The molecule has 0 fully saturated rings. The molecule has 2 N–H and O–H groups in total. The highest BCUT2D eigenvalue weighted by Gasteiger charge is 2.06. The van der Waals surface area contributed by atoms with Gasteiger partial charge in [-0.2, -0.15) is 0 Å². The van der Waals surface area contributed by atoms with E-state index in [1.807, 2.05) is 0 Å². The van der Waals surface area contributed by atoms with Crippen molar-refractivity contribution in [3.8, 4) is 0 Å². The summed E-state index contributed by atoms with van der Waals surface area (Å²) in [7, 11) is 1.68. The van der Waals surface area contributed by atoms with Crippen LogP contribution >= 0.6 is 12.4 Å². The molecule has 0 saturated heterocycles. The van der Waals surface area contributed by atoms with Crippen LogP contribution in [0.25, 0.3) is 0 Å². The standard InChI is InChI=1S/C10H15NO.ClH/c1-8-3-5-9(6-4-8)10(7-11)12-2;/h3-6,10H,7,11H2,1-2H3;1H. The van der Waals surface area contributed by atoms with Gasteiger partial charge in [0.25, 0.3) is 0 Å². The molecule has 0 aliphatic carbocycles. The van der Waals surface area contributed by atoms with E-state index < -0.39 is 0 Å². The highest BCUT2D eigenvalue weighted by atomic mass is 35.5. The average molecular weight is 202 g/mol. The molecule has 3 heteroatoms. The molecule has 0 radical (unpaired) electrons. The fourth-order valence-corrected chi connectivity index (χ4v) is 1.15. The molecule has 13 heavy (non-hydrogen) atoms. The van der Waals surface area contributed by atoms with Crippen LogP contribution < -0.4 is 5.73 Å². The van der Waals surface area contributed by atoms with Gasteiger partial charge in [-0.3, -0.25) is 0 Å². The highest BCUT2D eigenvalue weighted by molar-refractivity contribution is 5.85. The van der Waals surface area contributed by atoms with Gasteiger partial charge in [0.1, 0.15) is 0 Å². The predicted molar refractivity (Wildman–Crippen MR) is 57.2 cm³/mol. The van der Waals surface area contributed by atoms with Crippen LogP contribution in [0.1, 0.15) is 17.2 Å². The van der Waals surface area contributed by atoms with Crippen LogP contribution in [0.4, 0.5) is 0 Å². The summed E-state index contributed by atoms with van der Waals surface area (Å²) in [4.78, 5) is 0. The first-order valence-corrected chi connectivity index (χ1v) is 4.07. The van der Waals surface area contributed by atoms with Crippen LogP contribution in [0.3, 0.4) is 0 Å². The van der Waals surface area contributed by atoms with Crippen LogP contribution in [-0.4, -0.2) is 13.7 Å². The minimum absolute atomic E-state index is 0. The van der Waals surface area contributed by atoms with Crippen molar-refractivity contribution in [3.63, 3.8) is 0 Å². The largest absolute Gasteiger partial charge is 0.375 e. The van der Waals surface area contributed by atoms with Gasteiger partial charge >= 0.3 is 0 Å². The maximum atomic E-state index is 5.53. The third-order valence-electron chi connectivity index (χ3n) is 1.95. The number of methoxy groups -OCH3 is 1. The van der Waals surface area contributed by atoms with Gasteiger partial charge < -0.3 is 10.5 Å². The molecule has 1 atom stereocenters. The quantitative estimate of drug-likeness (QED) is 0.813. The fourth-order valence-electron chi connectivity index (χ4n) is 1.15. The van der Waals surface area contributed by atoms with Crippen LogP contribution in [0.5, 0.6) is 0 Å². The lowest BCUT2D eigenvalue weighted by atomic mass is 10.1. The van der Waals surface area contributed by atoms with Crippen LogP contribution in [0.15, 0.2) is 24.3 Å². The molecule has 0 aliphatic heterocycles. The second kappa shape index (κ2) is 5.97. The Morgan fingerprint density at radius 3 is 2.23 bits per heavy atom. The van der Waals surface area contributed by atoms with Gasteiger partial charge in [-0.05, 0) is 12.5 Å². The zero-order valence-electron chi connectivity index (χ0n) is 7.99.